The lowest BCUT2D eigenvalue weighted by atomic mass is 10.2. The molecule has 0 aliphatic carbocycles. The molecule has 0 saturated carbocycles. The number of hydrogen-bond donors (Lipinski definition) is 1. The summed E-state index contributed by atoms with van der Waals surface area (Å²) in [6.45, 7) is 6.81. The van der Waals surface area contributed by atoms with Gasteiger partial charge >= 0.3 is 0 Å². The fourth-order valence-corrected chi connectivity index (χ4v) is 1.77. The SMILES string of the molecule is CC(C)c1nc(CN2CCC(N)C2)no1. The highest BCUT2D eigenvalue weighted by atomic mass is 16.5. The van der Waals surface area contributed by atoms with Crippen LogP contribution in [0.1, 0.15) is 37.9 Å². The first kappa shape index (κ1) is 10.6. The highest BCUT2D eigenvalue weighted by molar-refractivity contribution is 4.92. The van der Waals surface area contributed by atoms with Crippen molar-refractivity contribution >= 4 is 0 Å². The molecule has 0 bridgehead atoms. The largest absolute Gasteiger partial charge is 0.339 e. The second-order valence-electron chi connectivity index (χ2n) is 4.49. The summed E-state index contributed by atoms with van der Waals surface area (Å²) < 4.78 is 5.14. The first-order valence-corrected chi connectivity index (χ1v) is 5.45. The molecule has 2 rings (SSSR count). The lowest BCUT2D eigenvalue weighted by Gasteiger charge is -2.11. The van der Waals surface area contributed by atoms with Gasteiger partial charge in [0.15, 0.2) is 5.82 Å². The maximum absolute atomic E-state index is 5.83. The first-order valence-electron chi connectivity index (χ1n) is 5.45. The fraction of sp³-hybridized carbons (Fsp3) is 0.800. The molecule has 1 atom stereocenters. The third-order valence-electron chi connectivity index (χ3n) is 2.65. The molecule has 0 aromatic carbocycles. The summed E-state index contributed by atoms with van der Waals surface area (Å²) in [4.78, 5) is 6.60. The Morgan fingerprint density at radius 2 is 2.40 bits per heavy atom. The van der Waals surface area contributed by atoms with Crippen LogP contribution in [0.2, 0.25) is 0 Å². The van der Waals surface area contributed by atoms with E-state index in [9.17, 15) is 0 Å². The molecule has 1 fully saturated rings. The van der Waals surface area contributed by atoms with Crippen LogP contribution < -0.4 is 5.73 Å². The van der Waals surface area contributed by atoms with Crippen molar-refractivity contribution in [3.63, 3.8) is 0 Å². The zero-order chi connectivity index (χ0) is 10.8. The lowest BCUT2D eigenvalue weighted by molar-refractivity contribution is 0.305. The quantitative estimate of drug-likeness (QED) is 0.796. The number of hydrogen-bond acceptors (Lipinski definition) is 5. The summed E-state index contributed by atoms with van der Waals surface area (Å²) in [6.07, 6.45) is 1.06. The Balaban J connectivity index is 1.93. The van der Waals surface area contributed by atoms with Crippen LogP contribution in [0.25, 0.3) is 0 Å². The van der Waals surface area contributed by atoms with Gasteiger partial charge in [0.05, 0.1) is 6.54 Å². The molecule has 15 heavy (non-hydrogen) atoms. The summed E-state index contributed by atoms with van der Waals surface area (Å²) in [5, 5.41) is 3.96. The summed E-state index contributed by atoms with van der Waals surface area (Å²) in [5.74, 6) is 1.79. The minimum absolute atomic E-state index is 0.298. The Morgan fingerprint density at radius 3 is 2.93 bits per heavy atom. The van der Waals surface area contributed by atoms with Crippen molar-refractivity contribution in [2.75, 3.05) is 13.1 Å². The molecule has 1 saturated heterocycles. The molecule has 2 N–H and O–H groups in total. The summed E-state index contributed by atoms with van der Waals surface area (Å²) in [5.41, 5.74) is 5.83. The van der Waals surface area contributed by atoms with E-state index >= 15 is 0 Å². The number of nitrogens with zero attached hydrogens (tertiary/aromatic N) is 3. The number of nitrogens with two attached hydrogens (primary N) is 1. The smallest absolute Gasteiger partial charge is 0.229 e. The molecule has 1 aliphatic rings. The fourth-order valence-electron chi connectivity index (χ4n) is 1.77. The molecule has 84 valence electrons. The van der Waals surface area contributed by atoms with Crippen molar-refractivity contribution in [3.8, 4) is 0 Å². The van der Waals surface area contributed by atoms with E-state index in [1.165, 1.54) is 0 Å². The van der Waals surface area contributed by atoms with E-state index in [1.54, 1.807) is 0 Å². The molecular formula is C10H18N4O. The van der Waals surface area contributed by atoms with Gasteiger partial charge in [0.25, 0.3) is 0 Å². The van der Waals surface area contributed by atoms with E-state index in [-0.39, 0.29) is 0 Å². The Hall–Kier alpha value is -0.940. The van der Waals surface area contributed by atoms with E-state index in [2.05, 4.69) is 15.0 Å². The van der Waals surface area contributed by atoms with Crippen LogP contribution in [0.5, 0.6) is 0 Å². The average molecular weight is 210 g/mol. The van der Waals surface area contributed by atoms with Gasteiger partial charge in [-0.2, -0.15) is 4.98 Å². The van der Waals surface area contributed by atoms with Gasteiger partial charge in [-0.05, 0) is 6.42 Å². The van der Waals surface area contributed by atoms with Gasteiger partial charge in [0, 0.05) is 25.0 Å². The van der Waals surface area contributed by atoms with Crippen LogP contribution in [-0.2, 0) is 6.54 Å². The Morgan fingerprint density at radius 1 is 1.60 bits per heavy atom. The van der Waals surface area contributed by atoms with Gasteiger partial charge in [0.1, 0.15) is 0 Å². The number of likely N-dealkylation sites (tertiary alicyclic amines) is 1. The standard InChI is InChI=1S/C10H18N4O/c1-7(2)10-12-9(13-15-10)6-14-4-3-8(11)5-14/h7-8H,3-6,11H2,1-2H3. The third kappa shape index (κ3) is 2.54. The molecule has 1 aromatic rings. The second-order valence-corrected chi connectivity index (χ2v) is 4.49. The Labute approximate surface area is 89.6 Å². The molecule has 5 nitrogen and oxygen atoms in total. The van der Waals surface area contributed by atoms with Crippen LogP contribution >= 0.6 is 0 Å². The average Bonchev–Trinajstić information content (AvgIpc) is 2.76. The Kier molecular flexibility index (Phi) is 3.02. The topological polar surface area (TPSA) is 68.2 Å². The minimum atomic E-state index is 0.298. The zero-order valence-corrected chi connectivity index (χ0v) is 9.31. The van der Waals surface area contributed by atoms with Crippen LogP contribution in [0, 0.1) is 0 Å². The first-order chi connectivity index (χ1) is 7.15. The van der Waals surface area contributed by atoms with Crippen molar-refractivity contribution in [1.82, 2.24) is 15.0 Å². The minimum Gasteiger partial charge on any atom is -0.339 e. The summed E-state index contributed by atoms with van der Waals surface area (Å²) >= 11 is 0. The molecule has 5 heteroatoms. The molecule has 1 aromatic heterocycles. The summed E-state index contributed by atoms with van der Waals surface area (Å²) in [6, 6.07) is 0.307. The van der Waals surface area contributed by atoms with Crippen molar-refractivity contribution in [2.45, 2.75) is 38.8 Å². The van der Waals surface area contributed by atoms with E-state index in [0.29, 0.717) is 17.9 Å². The molecule has 0 radical (unpaired) electrons. The highest BCUT2D eigenvalue weighted by Gasteiger charge is 2.21. The predicted octanol–water partition coefficient (Wildman–Crippen LogP) is 0.726. The maximum Gasteiger partial charge on any atom is 0.229 e. The molecular weight excluding hydrogens is 192 g/mol. The second kappa shape index (κ2) is 4.28. The number of aromatic nitrogens is 2. The molecule has 0 amide bonds. The van der Waals surface area contributed by atoms with Gasteiger partial charge in [-0.3, -0.25) is 4.90 Å². The van der Waals surface area contributed by atoms with Crippen molar-refractivity contribution in [2.24, 2.45) is 5.73 Å². The van der Waals surface area contributed by atoms with Crippen LogP contribution in [0.3, 0.4) is 0 Å². The van der Waals surface area contributed by atoms with Gasteiger partial charge in [-0.1, -0.05) is 19.0 Å². The summed E-state index contributed by atoms with van der Waals surface area (Å²) in [7, 11) is 0. The molecule has 2 heterocycles. The number of rotatable bonds is 3. The van der Waals surface area contributed by atoms with E-state index in [4.69, 9.17) is 10.3 Å². The molecule has 0 spiro atoms. The molecule has 1 unspecified atom stereocenters. The van der Waals surface area contributed by atoms with Gasteiger partial charge in [-0.25, -0.2) is 0 Å². The monoisotopic (exact) mass is 210 g/mol. The van der Waals surface area contributed by atoms with Gasteiger partial charge in [0.2, 0.25) is 5.89 Å². The predicted molar refractivity (Wildman–Crippen MR) is 56.3 cm³/mol. The van der Waals surface area contributed by atoms with Crippen LogP contribution in [0.4, 0.5) is 0 Å². The zero-order valence-electron chi connectivity index (χ0n) is 9.31. The van der Waals surface area contributed by atoms with Crippen LogP contribution in [-0.4, -0.2) is 34.2 Å². The molecule has 1 aliphatic heterocycles. The lowest BCUT2D eigenvalue weighted by Crippen LogP contribution is -2.26. The van der Waals surface area contributed by atoms with Gasteiger partial charge < -0.3 is 10.3 Å². The van der Waals surface area contributed by atoms with E-state index < -0.39 is 0 Å². The van der Waals surface area contributed by atoms with Crippen LogP contribution in [0.15, 0.2) is 4.52 Å². The van der Waals surface area contributed by atoms with Gasteiger partial charge in [-0.15, -0.1) is 0 Å². The third-order valence-corrected chi connectivity index (χ3v) is 2.65. The van der Waals surface area contributed by atoms with Crippen molar-refractivity contribution in [1.29, 1.82) is 0 Å². The van der Waals surface area contributed by atoms with Crippen molar-refractivity contribution in [3.05, 3.63) is 11.7 Å². The van der Waals surface area contributed by atoms with E-state index in [0.717, 1.165) is 31.9 Å². The maximum atomic E-state index is 5.83. The highest BCUT2D eigenvalue weighted by Crippen LogP contribution is 2.14. The Bertz CT molecular complexity index is 323. The normalized spacial score (nSPS) is 22.8. The van der Waals surface area contributed by atoms with Crippen molar-refractivity contribution < 1.29 is 4.52 Å². The van der Waals surface area contributed by atoms with E-state index in [1.807, 2.05) is 13.8 Å².